The molecule has 0 radical (unpaired) electrons. The number of hydrogen-bond acceptors (Lipinski definition) is 7. The standard InChI is InChI=1S/C32H60O5S2/c1-3-5-7-9-11-13-15-17-19-21-23-29(38)36-28-26-35-27(25-33)31(34)32(28)37-30(39)24-22-20-18-16-14-12-10-8-6-4-2/h27-28,31-34H,3-26H2,1-2H3/t27-,28+,31-,32-/m1/s1. The minimum absolute atomic E-state index is 0.214. The van der Waals surface area contributed by atoms with Crippen molar-refractivity contribution in [2.45, 2.75) is 180 Å². The van der Waals surface area contributed by atoms with Crippen LogP contribution in [0.2, 0.25) is 0 Å². The average Bonchev–Trinajstić information content (AvgIpc) is 2.93. The van der Waals surface area contributed by atoms with Crippen molar-refractivity contribution >= 4 is 34.5 Å². The van der Waals surface area contributed by atoms with Crippen LogP contribution in [0.3, 0.4) is 0 Å². The van der Waals surface area contributed by atoms with Crippen LogP contribution in [0, 0.1) is 0 Å². The SMILES string of the molecule is CCCCCCCCCCCCC(=S)O[C@H]1[C@H](O)[C@@H](CO)OC[C@@H]1OC(=S)CCCCCCCCCCCC. The molecule has 1 aliphatic heterocycles. The number of ether oxygens (including phenoxy) is 3. The molecule has 0 saturated carbocycles. The van der Waals surface area contributed by atoms with Gasteiger partial charge in [0, 0.05) is 12.8 Å². The van der Waals surface area contributed by atoms with Crippen molar-refractivity contribution in [2.24, 2.45) is 0 Å². The van der Waals surface area contributed by atoms with Gasteiger partial charge in [0.15, 0.2) is 22.3 Å². The molecule has 0 amide bonds. The first-order valence-corrected chi connectivity index (χ1v) is 17.1. The first-order chi connectivity index (χ1) is 19.0. The molecule has 1 rings (SSSR count). The molecule has 7 heteroatoms. The van der Waals surface area contributed by atoms with Crippen LogP contribution in [-0.4, -0.2) is 57.9 Å². The topological polar surface area (TPSA) is 68.2 Å². The predicted molar refractivity (Wildman–Crippen MR) is 171 cm³/mol. The van der Waals surface area contributed by atoms with E-state index in [1.165, 1.54) is 103 Å². The molecule has 1 fully saturated rings. The van der Waals surface area contributed by atoms with E-state index in [-0.39, 0.29) is 13.2 Å². The second-order valence-corrected chi connectivity index (χ2v) is 12.3. The van der Waals surface area contributed by atoms with Crippen LogP contribution in [-0.2, 0) is 14.2 Å². The van der Waals surface area contributed by atoms with E-state index < -0.39 is 24.4 Å². The zero-order valence-electron chi connectivity index (χ0n) is 25.2. The van der Waals surface area contributed by atoms with E-state index >= 15 is 0 Å². The number of hydrogen-bond donors (Lipinski definition) is 2. The van der Waals surface area contributed by atoms with Crippen molar-refractivity contribution in [3.05, 3.63) is 0 Å². The summed E-state index contributed by atoms with van der Waals surface area (Å²) in [5.41, 5.74) is 0. The summed E-state index contributed by atoms with van der Waals surface area (Å²) in [6, 6.07) is 0. The van der Waals surface area contributed by atoms with Crippen LogP contribution < -0.4 is 0 Å². The second kappa shape index (κ2) is 25.4. The summed E-state index contributed by atoms with van der Waals surface area (Å²) >= 11 is 11.0. The third kappa shape index (κ3) is 18.7. The third-order valence-electron chi connectivity index (χ3n) is 7.76. The van der Waals surface area contributed by atoms with E-state index in [2.05, 4.69) is 13.8 Å². The first kappa shape index (κ1) is 36.7. The van der Waals surface area contributed by atoms with Gasteiger partial charge < -0.3 is 24.4 Å². The fourth-order valence-electron chi connectivity index (χ4n) is 5.20. The van der Waals surface area contributed by atoms with Crippen LogP contribution in [0.25, 0.3) is 0 Å². The maximum absolute atomic E-state index is 10.8. The molecule has 0 aromatic rings. The second-order valence-electron chi connectivity index (χ2n) is 11.4. The largest absolute Gasteiger partial charge is 0.477 e. The molecule has 0 aromatic heterocycles. The molecule has 1 saturated heterocycles. The molecule has 4 atom stereocenters. The Bertz CT molecular complexity index is 603. The summed E-state index contributed by atoms with van der Waals surface area (Å²) in [4.78, 5) is 0. The van der Waals surface area contributed by atoms with Gasteiger partial charge in [-0.25, -0.2) is 0 Å². The average molecular weight is 589 g/mol. The number of unbranched alkanes of at least 4 members (excludes halogenated alkanes) is 18. The Labute approximate surface area is 251 Å². The van der Waals surface area contributed by atoms with Crippen LogP contribution in [0.15, 0.2) is 0 Å². The smallest absolute Gasteiger partial charge is 0.167 e. The zero-order chi connectivity index (χ0) is 28.6. The molecule has 0 spiro atoms. The lowest BCUT2D eigenvalue weighted by atomic mass is 10.00. The Morgan fingerprint density at radius 2 is 1.03 bits per heavy atom. The molecule has 0 unspecified atom stereocenters. The van der Waals surface area contributed by atoms with Crippen LogP contribution in [0.1, 0.15) is 155 Å². The maximum atomic E-state index is 10.8. The Hall–Kier alpha value is -0.340. The van der Waals surface area contributed by atoms with Gasteiger partial charge in [-0.05, 0) is 37.3 Å². The molecular formula is C32H60O5S2. The van der Waals surface area contributed by atoms with E-state index in [0.717, 1.165) is 32.1 Å². The van der Waals surface area contributed by atoms with E-state index in [1.54, 1.807) is 0 Å². The fraction of sp³-hybridized carbons (Fsp3) is 0.938. The Kier molecular flexibility index (Phi) is 23.9. The number of aliphatic hydroxyl groups is 2. The molecule has 1 heterocycles. The highest BCUT2D eigenvalue weighted by atomic mass is 32.1. The molecular weight excluding hydrogens is 528 g/mol. The molecule has 1 aliphatic rings. The quantitative estimate of drug-likeness (QED) is 0.0816. The van der Waals surface area contributed by atoms with Gasteiger partial charge in [0.05, 0.1) is 13.2 Å². The van der Waals surface area contributed by atoms with Gasteiger partial charge in [-0.3, -0.25) is 0 Å². The highest BCUT2D eigenvalue weighted by molar-refractivity contribution is 7.80. The maximum Gasteiger partial charge on any atom is 0.167 e. The van der Waals surface area contributed by atoms with Crippen molar-refractivity contribution in [3.63, 3.8) is 0 Å². The van der Waals surface area contributed by atoms with Gasteiger partial charge in [0.2, 0.25) is 0 Å². The molecule has 39 heavy (non-hydrogen) atoms. The summed E-state index contributed by atoms with van der Waals surface area (Å²) in [5, 5.41) is 21.4. The minimum Gasteiger partial charge on any atom is -0.477 e. The summed E-state index contributed by atoms with van der Waals surface area (Å²) in [7, 11) is 0. The Morgan fingerprint density at radius 3 is 1.44 bits per heavy atom. The zero-order valence-corrected chi connectivity index (χ0v) is 26.8. The molecule has 5 nitrogen and oxygen atoms in total. The van der Waals surface area contributed by atoms with Gasteiger partial charge in [-0.1, -0.05) is 129 Å². The number of rotatable bonds is 25. The van der Waals surface area contributed by atoms with E-state index in [4.69, 9.17) is 38.6 Å². The monoisotopic (exact) mass is 588 g/mol. The lowest BCUT2D eigenvalue weighted by Crippen LogP contribution is -2.56. The fourth-order valence-corrected chi connectivity index (χ4v) is 5.73. The van der Waals surface area contributed by atoms with Gasteiger partial charge in [-0.2, -0.15) is 0 Å². The van der Waals surface area contributed by atoms with Crippen molar-refractivity contribution in [2.75, 3.05) is 13.2 Å². The Morgan fingerprint density at radius 1 is 0.641 bits per heavy atom. The van der Waals surface area contributed by atoms with Crippen LogP contribution >= 0.6 is 24.4 Å². The number of thiocarbonyl (C=S) groups is 2. The summed E-state index contributed by atoms with van der Waals surface area (Å²) in [6.07, 6.45) is 23.9. The molecule has 2 N–H and O–H groups in total. The van der Waals surface area contributed by atoms with Crippen molar-refractivity contribution in [3.8, 4) is 0 Å². The van der Waals surface area contributed by atoms with Crippen molar-refractivity contribution in [1.29, 1.82) is 0 Å². The van der Waals surface area contributed by atoms with E-state index in [1.807, 2.05) is 0 Å². The van der Waals surface area contributed by atoms with Gasteiger partial charge >= 0.3 is 0 Å². The van der Waals surface area contributed by atoms with Crippen LogP contribution in [0.5, 0.6) is 0 Å². The first-order valence-electron chi connectivity index (χ1n) is 16.3. The van der Waals surface area contributed by atoms with Crippen molar-refractivity contribution < 1.29 is 24.4 Å². The van der Waals surface area contributed by atoms with Gasteiger partial charge in [0.1, 0.15) is 12.2 Å². The predicted octanol–water partition coefficient (Wildman–Crippen LogP) is 8.79. The van der Waals surface area contributed by atoms with E-state index in [9.17, 15) is 10.2 Å². The molecule has 0 aliphatic carbocycles. The summed E-state index contributed by atoms with van der Waals surface area (Å²) < 4.78 is 17.7. The van der Waals surface area contributed by atoms with Crippen LogP contribution in [0.4, 0.5) is 0 Å². The van der Waals surface area contributed by atoms with Gasteiger partial charge in [0.25, 0.3) is 0 Å². The highest BCUT2D eigenvalue weighted by Gasteiger charge is 2.43. The minimum atomic E-state index is -1.01. The summed E-state index contributed by atoms with van der Waals surface area (Å²) in [5.74, 6) is 0. The highest BCUT2D eigenvalue weighted by Crippen LogP contribution is 2.24. The number of aliphatic hydroxyl groups excluding tert-OH is 2. The molecule has 0 bridgehead atoms. The normalized spacial score (nSPS) is 21.1. The Balaban J connectivity index is 2.27. The summed E-state index contributed by atoms with van der Waals surface area (Å²) in [6.45, 7) is 4.45. The molecule has 0 aromatic carbocycles. The van der Waals surface area contributed by atoms with E-state index in [0.29, 0.717) is 16.5 Å². The van der Waals surface area contributed by atoms with Crippen molar-refractivity contribution in [1.82, 2.24) is 0 Å². The molecule has 230 valence electrons. The van der Waals surface area contributed by atoms with Gasteiger partial charge in [-0.15, -0.1) is 0 Å². The third-order valence-corrected chi connectivity index (χ3v) is 8.36. The lowest BCUT2D eigenvalue weighted by Gasteiger charge is -2.39. The lowest BCUT2D eigenvalue weighted by molar-refractivity contribution is -0.186.